The molecule has 0 radical (unpaired) electrons. The molecule has 1 aromatic carbocycles. The zero-order valence-corrected chi connectivity index (χ0v) is 15.2. The fraction of sp³-hybridized carbons (Fsp3) is 0.333. The van der Waals surface area contributed by atoms with Crippen molar-refractivity contribution < 1.29 is 9.59 Å². The Balaban J connectivity index is 2.33. The first-order chi connectivity index (χ1) is 11.6. The molecule has 4 nitrogen and oxygen atoms in total. The molecule has 6 heteroatoms. The van der Waals surface area contributed by atoms with Gasteiger partial charge in [0.1, 0.15) is 5.00 Å². The summed E-state index contributed by atoms with van der Waals surface area (Å²) < 4.78 is 0. The summed E-state index contributed by atoms with van der Waals surface area (Å²) in [5, 5.41) is 3.68. The van der Waals surface area contributed by atoms with Gasteiger partial charge in [-0.05, 0) is 31.0 Å². The predicted octanol–water partition coefficient (Wildman–Crippen LogP) is 4.26. The molecule has 0 saturated carbocycles. The minimum atomic E-state index is -0.315. The minimum Gasteiger partial charge on any atom is -0.322 e. The summed E-state index contributed by atoms with van der Waals surface area (Å²) in [6, 6.07) is 8.78. The number of nitrogens with one attached hydrogen (secondary N) is 1. The van der Waals surface area contributed by atoms with E-state index in [0.29, 0.717) is 21.2 Å². The third kappa shape index (κ3) is 4.66. The fourth-order valence-electron chi connectivity index (χ4n) is 2.34. The first-order valence-corrected chi connectivity index (χ1v) is 9.18. The summed E-state index contributed by atoms with van der Waals surface area (Å²) in [5.41, 5.74) is 6.28. The number of hydrogen-bond acceptors (Lipinski definition) is 4. The summed E-state index contributed by atoms with van der Waals surface area (Å²) >= 11 is 7.57. The molecule has 0 atom stereocenters. The van der Waals surface area contributed by atoms with E-state index >= 15 is 0 Å². The van der Waals surface area contributed by atoms with Crippen molar-refractivity contribution in [3.8, 4) is 0 Å². The average Bonchev–Trinajstić information content (AvgIpc) is 2.97. The van der Waals surface area contributed by atoms with Crippen LogP contribution in [0, 0.1) is 0 Å². The second-order valence-corrected chi connectivity index (χ2v) is 7.02. The third-order valence-electron chi connectivity index (χ3n) is 3.61. The number of thiophene rings is 1. The van der Waals surface area contributed by atoms with Crippen molar-refractivity contribution in [1.82, 2.24) is 0 Å². The Morgan fingerprint density at radius 1 is 1.21 bits per heavy atom. The molecular weight excluding hydrogens is 344 g/mol. The van der Waals surface area contributed by atoms with Crippen LogP contribution in [-0.4, -0.2) is 18.2 Å². The summed E-state index contributed by atoms with van der Waals surface area (Å²) in [5.74, 6) is -0.504. The summed E-state index contributed by atoms with van der Waals surface area (Å²) in [7, 11) is 0. The Kier molecular flexibility index (Phi) is 6.97. The van der Waals surface area contributed by atoms with Crippen LogP contribution in [-0.2, 0) is 11.2 Å². The zero-order chi connectivity index (χ0) is 17.5. The molecule has 0 bridgehead atoms. The van der Waals surface area contributed by atoms with Crippen molar-refractivity contribution in [3.05, 3.63) is 51.4 Å². The maximum absolute atomic E-state index is 12.8. The second kappa shape index (κ2) is 8.97. The van der Waals surface area contributed by atoms with Crippen molar-refractivity contribution in [1.29, 1.82) is 0 Å². The highest BCUT2D eigenvalue weighted by atomic mass is 35.5. The zero-order valence-electron chi connectivity index (χ0n) is 13.6. The lowest BCUT2D eigenvalue weighted by molar-refractivity contribution is -0.114. The minimum absolute atomic E-state index is 0.122. The molecule has 3 N–H and O–H groups in total. The Morgan fingerprint density at radius 2 is 1.96 bits per heavy atom. The summed E-state index contributed by atoms with van der Waals surface area (Å²) in [4.78, 5) is 25.6. The van der Waals surface area contributed by atoms with Gasteiger partial charge in [-0.25, -0.2) is 0 Å². The van der Waals surface area contributed by atoms with Gasteiger partial charge >= 0.3 is 0 Å². The normalized spacial score (nSPS) is 10.6. The highest BCUT2D eigenvalue weighted by Gasteiger charge is 2.20. The largest absolute Gasteiger partial charge is 0.322 e. The molecule has 0 unspecified atom stereocenters. The fourth-order valence-corrected chi connectivity index (χ4v) is 3.68. The van der Waals surface area contributed by atoms with E-state index in [2.05, 4.69) is 12.2 Å². The van der Waals surface area contributed by atoms with Crippen LogP contribution in [0.2, 0.25) is 5.02 Å². The van der Waals surface area contributed by atoms with Gasteiger partial charge in [0.15, 0.2) is 5.78 Å². The van der Waals surface area contributed by atoms with E-state index < -0.39 is 0 Å². The summed E-state index contributed by atoms with van der Waals surface area (Å²) in [6.45, 7) is 2.02. The summed E-state index contributed by atoms with van der Waals surface area (Å²) in [6.07, 6.45) is 4.21. The van der Waals surface area contributed by atoms with Crippen LogP contribution in [0.3, 0.4) is 0 Å². The molecule has 1 heterocycles. The van der Waals surface area contributed by atoms with Gasteiger partial charge in [-0.3, -0.25) is 9.59 Å². The number of benzene rings is 1. The van der Waals surface area contributed by atoms with Crippen LogP contribution in [0.4, 0.5) is 5.00 Å². The first-order valence-electron chi connectivity index (χ1n) is 7.98. The standard InChI is InChI=1S/C18H21ClN2O2S/c1-2-3-4-7-12-10-14(18(24-12)21-16(22)11-20)17(23)13-8-5-6-9-15(13)19/h5-6,8-10H,2-4,7,11,20H2,1H3,(H,21,22). The average molecular weight is 365 g/mol. The number of carbonyl (C=O) groups is 2. The molecule has 2 aromatic rings. The van der Waals surface area contributed by atoms with E-state index in [1.54, 1.807) is 24.3 Å². The van der Waals surface area contributed by atoms with Crippen molar-refractivity contribution in [3.63, 3.8) is 0 Å². The molecule has 0 aliphatic heterocycles. The van der Waals surface area contributed by atoms with E-state index in [1.807, 2.05) is 6.07 Å². The Labute approximate surface area is 151 Å². The predicted molar refractivity (Wildman–Crippen MR) is 100 cm³/mol. The molecule has 2 rings (SSSR count). The molecule has 24 heavy (non-hydrogen) atoms. The van der Waals surface area contributed by atoms with Gasteiger partial charge in [-0.2, -0.15) is 0 Å². The van der Waals surface area contributed by atoms with Crippen molar-refractivity contribution in [2.75, 3.05) is 11.9 Å². The molecular formula is C18H21ClN2O2S. The Bertz CT molecular complexity index is 728. The van der Waals surface area contributed by atoms with E-state index in [1.165, 1.54) is 11.3 Å². The number of anilines is 1. The Hall–Kier alpha value is -1.69. The third-order valence-corrected chi connectivity index (χ3v) is 5.05. The lowest BCUT2D eigenvalue weighted by Crippen LogP contribution is -2.22. The number of halogens is 1. The Morgan fingerprint density at radius 3 is 2.62 bits per heavy atom. The van der Waals surface area contributed by atoms with E-state index in [9.17, 15) is 9.59 Å². The molecule has 0 saturated heterocycles. The SMILES string of the molecule is CCCCCc1cc(C(=O)c2ccccc2Cl)c(NC(=O)CN)s1. The van der Waals surface area contributed by atoms with E-state index in [0.717, 1.165) is 30.6 Å². The lowest BCUT2D eigenvalue weighted by atomic mass is 10.0. The number of carbonyl (C=O) groups excluding carboxylic acids is 2. The van der Waals surface area contributed by atoms with Crippen LogP contribution in [0.1, 0.15) is 47.0 Å². The van der Waals surface area contributed by atoms with Crippen LogP contribution in [0.15, 0.2) is 30.3 Å². The molecule has 0 aliphatic carbocycles. The van der Waals surface area contributed by atoms with Crippen LogP contribution >= 0.6 is 22.9 Å². The molecule has 0 spiro atoms. The van der Waals surface area contributed by atoms with Crippen molar-refractivity contribution >= 4 is 39.6 Å². The van der Waals surface area contributed by atoms with Gasteiger partial charge in [0, 0.05) is 10.4 Å². The molecule has 128 valence electrons. The van der Waals surface area contributed by atoms with Crippen molar-refractivity contribution in [2.24, 2.45) is 5.73 Å². The monoisotopic (exact) mass is 364 g/mol. The van der Waals surface area contributed by atoms with Crippen molar-refractivity contribution in [2.45, 2.75) is 32.6 Å². The smallest absolute Gasteiger partial charge is 0.238 e. The highest BCUT2D eigenvalue weighted by molar-refractivity contribution is 7.16. The van der Waals surface area contributed by atoms with Gasteiger partial charge in [0.25, 0.3) is 0 Å². The molecule has 0 aliphatic rings. The maximum Gasteiger partial charge on any atom is 0.238 e. The van der Waals surface area contributed by atoms with E-state index in [4.69, 9.17) is 17.3 Å². The number of amides is 1. The van der Waals surface area contributed by atoms with Gasteiger partial charge in [-0.15, -0.1) is 11.3 Å². The lowest BCUT2D eigenvalue weighted by Gasteiger charge is -2.05. The number of aryl methyl sites for hydroxylation is 1. The van der Waals surface area contributed by atoms with Gasteiger partial charge in [-0.1, -0.05) is 43.5 Å². The molecule has 1 aromatic heterocycles. The van der Waals surface area contributed by atoms with Crippen LogP contribution < -0.4 is 11.1 Å². The van der Waals surface area contributed by atoms with Gasteiger partial charge in [0.05, 0.1) is 17.1 Å². The number of rotatable bonds is 8. The number of nitrogens with two attached hydrogens (primary N) is 1. The number of unbranched alkanes of at least 4 members (excludes halogenated alkanes) is 2. The topological polar surface area (TPSA) is 72.2 Å². The van der Waals surface area contributed by atoms with Crippen LogP contribution in [0.5, 0.6) is 0 Å². The van der Waals surface area contributed by atoms with E-state index in [-0.39, 0.29) is 18.2 Å². The number of ketones is 1. The second-order valence-electron chi connectivity index (χ2n) is 5.47. The van der Waals surface area contributed by atoms with Gasteiger partial charge < -0.3 is 11.1 Å². The maximum atomic E-state index is 12.8. The number of hydrogen-bond donors (Lipinski definition) is 2. The quantitative estimate of drug-likeness (QED) is 0.543. The van der Waals surface area contributed by atoms with Crippen LogP contribution in [0.25, 0.3) is 0 Å². The highest BCUT2D eigenvalue weighted by Crippen LogP contribution is 2.32. The first kappa shape index (κ1) is 18.6. The molecule has 0 fully saturated rings. The molecule has 1 amide bonds. The van der Waals surface area contributed by atoms with Gasteiger partial charge in [0.2, 0.25) is 5.91 Å².